The fourth-order valence-corrected chi connectivity index (χ4v) is 4.49. The molecule has 0 spiro atoms. The van der Waals surface area contributed by atoms with E-state index in [4.69, 9.17) is 0 Å². The highest BCUT2D eigenvalue weighted by atomic mass is 32.2. The molecule has 2 aliphatic carbocycles. The van der Waals surface area contributed by atoms with Crippen molar-refractivity contribution in [3.63, 3.8) is 0 Å². The van der Waals surface area contributed by atoms with Crippen molar-refractivity contribution in [3.05, 3.63) is 28.3 Å². The van der Waals surface area contributed by atoms with Gasteiger partial charge in [-0.1, -0.05) is 6.07 Å². The molecule has 2 amide bonds. The lowest BCUT2D eigenvalue weighted by Crippen LogP contribution is -2.37. The van der Waals surface area contributed by atoms with E-state index in [0.717, 1.165) is 55.3 Å². The van der Waals surface area contributed by atoms with Gasteiger partial charge < -0.3 is 10.1 Å². The number of hydrogen-bond acceptors (Lipinski definition) is 5. The van der Waals surface area contributed by atoms with Crippen LogP contribution in [-0.4, -0.2) is 33.3 Å². The van der Waals surface area contributed by atoms with Gasteiger partial charge in [-0.2, -0.15) is 0 Å². The first-order valence-corrected chi connectivity index (χ1v) is 10.1. The van der Waals surface area contributed by atoms with Crippen molar-refractivity contribution >= 4 is 27.7 Å². The standard InChI is InChI=1S/C17H22N2O5S/c1-24-15(20)8-9-25(22,23)19-17(21)18-16-13-6-2-4-11(13)10-12-5-3-7-14(12)16/h10H,2-9H2,1H3,(H2,18,19,21). The lowest BCUT2D eigenvalue weighted by Gasteiger charge is -2.16. The molecule has 0 atom stereocenters. The van der Waals surface area contributed by atoms with E-state index in [0.29, 0.717) is 0 Å². The Morgan fingerprint density at radius 1 is 1.08 bits per heavy atom. The number of esters is 1. The second-order valence-corrected chi connectivity index (χ2v) is 8.28. The molecule has 7 nitrogen and oxygen atoms in total. The molecule has 0 saturated heterocycles. The van der Waals surface area contributed by atoms with E-state index in [1.54, 1.807) is 0 Å². The SMILES string of the molecule is COC(=O)CCS(=O)(=O)NC(=O)Nc1c2c(cc3c1CCC3)CCC2. The summed E-state index contributed by atoms with van der Waals surface area (Å²) in [5, 5.41) is 2.75. The molecule has 0 saturated carbocycles. The van der Waals surface area contributed by atoms with Gasteiger partial charge in [0.2, 0.25) is 10.0 Å². The minimum atomic E-state index is -3.90. The third-order valence-corrected chi connectivity index (χ3v) is 6.00. The van der Waals surface area contributed by atoms with Crippen LogP contribution >= 0.6 is 0 Å². The molecule has 0 aliphatic heterocycles. The van der Waals surface area contributed by atoms with Crippen LogP contribution in [0.5, 0.6) is 0 Å². The van der Waals surface area contributed by atoms with Crippen LogP contribution in [0.25, 0.3) is 0 Å². The van der Waals surface area contributed by atoms with Crippen LogP contribution in [0.1, 0.15) is 41.5 Å². The maximum absolute atomic E-state index is 12.2. The molecule has 8 heteroatoms. The molecule has 2 aliphatic rings. The summed E-state index contributed by atoms with van der Waals surface area (Å²) < 4.78 is 30.3. The lowest BCUT2D eigenvalue weighted by atomic mass is 9.99. The fraction of sp³-hybridized carbons (Fsp3) is 0.529. The Hall–Kier alpha value is -2.09. The highest BCUT2D eigenvalue weighted by Gasteiger charge is 2.26. The number of sulfonamides is 1. The molecule has 25 heavy (non-hydrogen) atoms. The van der Waals surface area contributed by atoms with Crippen LogP contribution in [0.4, 0.5) is 10.5 Å². The van der Waals surface area contributed by atoms with Gasteiger partial charge in [-0.05, 0) is 60.8 Å². The van der Waals surface area contributed by atoms with Crippen molar-refractivity contribution in [1.29, 1.82) is 0 Å². The average molecular weight is 366 g/mol. The van der Waals surface area contributed by atoms with Gasteiger partial charge >= 0.3 is 12.0 Å². The van der Waals surface area contributed by atoms with E-state index < -0.39 is 27.8 Å². The zero-order valence-electron chi connectivity index (χ0n) is 14.2. The van der Waals surface area contributed by atoms with Crippen LogP contribution in [0.15, 0.2) is 6.07 Å². The first-order valence-electron chi connectivity index (χ1n) is 8.44. The Balaban J connectivity index is 1.73. The average Bonchev–Trinajstić information content (AvgIpc) is 3.20. The van der Waals surface area contributed by atoms with Crippen molar-refractivity contribution in [3.8, 4) is 0 Å². The van der Waals surface area contributed by atoms with Gasteiger partial charge in [0.1, 0.15) is 0 Å². The Morgan fingerprint density at radius 2 is 1.68 bits per heavy atom. The Labute approximate surface area is 147 Å². The largest absolute Gasteiger partial charge is 0.469 e. The number of hydrogen-bond donors (Lipinski definition) is 2. The van der Waals surface area contributed by atoms with Crippen molar-refractivity contribution in [2.75, 3.05) is 18.2 Å². The van der Waals surface area contributed by atoms with Crippen LogP contribution in [0, 0.1) is 0 Å². The normalized spacial score (nSPS) is 15.4. The molecule has 0 bridgehead atoms. The number of methoxy groups -OCH3 is 1. The predicted molar refractivity (Wildman–Crippen MR) is 93.1 cm³/mol. The van der Waals surface area contributed by atoms with Gasteiger partial charge in [0.15, 0.2) is 0 Å². The van der Waals surface area contributed by atoms with E-state index in [1.807, 2.05) is 4.72 Å². The molecule has 0 unspecified atom stereocenters. The second kappa shape index (κ2) is 7.03. The monoisotopic (exact) mass is 366 g/mol. The summed E-state index contributed by atoms with van der Waals surface area (Å²) in [6.45, 7) is 0. The fourth-order valence-electron chi connectivity index (χ4n) is 3.62. The van der Waals surface area contributed by atoms with Crippen molar-refractivity contribution in [2.45, 2.75) is 44.9 Å². The van der Waals surface area contributed by atoms with Crippen molar-refractivity contribution in [1.82, 2.24) is 4.72 Å². The maximum Gasteiger partial charge on any atom is 0.332 e. The summed E-state index contributed by atoms with van der Waals surface area (Å²) in [6, 6.07) is 1.46. The lowest BCUT2D eigenvalue weighted by molar-refractivity contribution is -0.140. The zero-order chi connectivity index (χ0) is 18.0. The van der Waals surface area contributed by atoms with Gasteiger partial charge in [0.05, 0.1) is 19.3 Å². The number of rotatable bonds is 5. The maximum atomic E-state index is 12.2. The molecule has 1 aromatic carbocycles. The number of carbonyl (C=O) groups excluding carboxylic acids is 2. The first-order chi connectivity index (χ1) is 11.9. The summed E-state index contributed by atoms with van der Waals surface area (Å²) in [6.07, 6.45) is 5.58. The van der Waals surface area contributed by atoms with E-state index in [2.05, 4.69) is 16.1 Å². The van der Waals surface area contributed by atoms with Gasteiger partial charge in [-0.3, -0.25) is 4.79 Å². The number of benzene rings is 1. The molecule has 1 aromatic rings. The van der Waals surface area contributed by atoms with Gasteiger partial charge in [-0.15, -0.1) is 0 Å². The van der Waals surface area contributed by atoms with Gasteiger partial charge in [-0.25, -0.2) is 17.9 Å². The zero-order valence-corrected chi connectivity index (χ0v) is 15.0. The summed E-state index contributed by atoms with van der Waals surface area (Å²) in [4.78, 5) is 23.3. The van der Waals surface area contributed by atoms with Crippen LogP contribution < -0.4 is 10.0 Å². The van der Waals surface area contributed by atoms with Crippen LogP contribution in [0.2, 0.25) is 0 Å². The number of urea groups is 1. The molecule has 0 aromatic heterocycles. The number of amides is 2. The topological polar surface area (TPSA) is 102 Å². The second-order valence-electron chi connectivity index (χ2n) is 6.44. The number of aryl methyl sites for hydroxylation is 2. The van der Waals surface area contributed by atoms with Crippen LogP contribution in [0.3, 0.4) is 0 Å². The Kier molecular flexibility index (Phi) is 4.99. The summed E-state index contributed by atoms with van der Waals surface area (Å²) in [5.41, 5.74) is 5.54. The highest BCUT2D eigenvalue weighted by Crippen LogP contribution is 2.38. The van der Waals surface area contributed by atoms with E-state index >= 15 is 0 Å². The number of fused-ring (bicyclic) bond motifs is 2. The number of ether oxygens (including phenoxy) is 1. The number of nitrogens with one attached hydrogen (secondary N) is 2. The Bertz CT molecular complexity index is 785. The molecule has 0 heterocycles. The molecule has 0 radical (unpaired) electrons. The molecular formula is C17H22N2O5S. The van der Waals surface area contributed by atoms with Gasteiger partial charge in [0, 0.05) is 5.69 Å². The summed E-state index contributed by atoms with van der Waals surface area (Å²) in [7, 11) is -2.71. The third kappa shape index (κ3) is 3.95. The Morgan fingerprint density at radius 3 is 2.24 bits per heavy atom. The van der Waals surface area contributed by atoms with Gasteiger partial charge in [0.25, 0.3) is 0 Å². The number of carbonyl (C=O) groups is 2. The molecule has 2 N–H and O–H groups in total. The minimum absolute atomic E-state index is 0.296. The van der Waals surface area contributed by atoms with Crippen LogP contribution in [-0.2, 0) is 45.2 Å². The van der Waals surface area contributed by atoms with E-state index in [-0.39, 0.29) is 6.42 Å². The predicted octanol–water partition coefficient (Wildman–Crippen LogP) is 1.68. The first kappa shape index (κ1) is 17.7. The molecule has 136 valence electrons. The van der Waals surface area contributed by atoms with Crippen molar-refractivity contribution in [2.24, 2.45) is 0 Å². The quantitative estimate of drug-likeness (QED) is 0.772. The van der Waals surface area contributed by atoms with E-state index in [1.165, 1.54) is 18.2 Å². The highest BCUT2D eigenvalue weighted by molar-refractivity contribution is 7.90. The molecule has 3 rings (SSSR count). The van der Waals surface area contributed by atoms with Crippen molar-refractivity contribution < 1.29 is 22.7 Å². The molecular weight excluding hydrogens is 344 g/mol. The van der Waals surface area contributed by atoms with E-state index in [9.17, 15) is 18.0 Å². The summed E-state index contributed by atoms with van der Waals surface area (Å²) in [5.74, 6) is -1.12. The summed E-state index contributed by atoms with van der Waals surface area (Å²) >= 11 is 0. The minimum Gasteiger partial charge on any atom is -0.469 e. The third-order valence-electron chi connectivity index (χ3n) is 4.76. The number of anilines is 1. The molecule has 0 fully saturated rings. The smallest absolute Gasteiger partial charge is 0.332 e.